The molecule has 0 spiro atoms. The Balaban J connectivity index is 1.74. The van der Waals surface area contributed by atoms with Crippen molar-refractivity contribution >= 4 is 16.7 Å². The molecule has 0 amide bonds. The van der Waals surface area contributed by atoms with E-state index in [9.17, 15) is 8.78 Å². The van der Waals surface area contributed by atoms with Crippen LogP contribution in [0.15, 0.2) is 53.5 Å². The highest BCUT2D eigenvalue weighted by atomic mass is 19.2. The van der Waals surface area contributed by atoms with Gasteiger partial charge in [0.1, 0.15) is 5.84 Å². The van der Waals surface area contributed by atoms with Crippen molar-refractivity contribution in [1.82, 2.24) is 9.88 Å². The van der Waals surface area contributed by atoms with Crippen LogP contribution in [0, 0.1) is 11.6 Å². The van der Waals surface area contributed by atoms with Gasteiger partial charge in [-0.05, 0) is 37.1 Å². The lowest BCUT2D eigenvalue weighted by atomic mass is 10.0. The summed E-state index contributed by atoms with van der Waals surface area (Å²) in [5.41, 5.74) is 2.31. The lowest BCUT2D eigenvalue weighted by Crippen LogP contribution is -2.31. The third-order valence-corrected chi connectivity index (χ3v) is 5.29. The van der Waals surface area contributed by atoms with Gasteiger partial charge in [0, 0.05) is 23.1 Å². The number of benzene rings is 2. The maximum absolute atomic E-state index is 14.4. The number of aromatic nitrogens is 1. The molecule has 0 radical (unpaired) electrons. The summed E-state index contributed by atoms with van der Waals surface area (Å²) in [5.74, 6) is -0.783. The van der Waals surface area contributed by atoms with Crippen molar-refractivity contribution in [2.75, 3.05) is 13.1 Å². The lowest BCUT2D eigenvalue weighted by Gasteiger charge is -2.21. The molecule has 0 N–H and O–H groups in total. The molecule has 5 heteroatoms. The Hall–Kier alpha value is -2.82. The van der Waals surface area contributed by atoms with Gasteiger partial charge < -0.3 is 4.90 Å². The van der Waals surface area contributed by atoms with Gasteiger partial charge in [0.15, 0.2) is 11.6 Å². The van der Waals surface area contributed by atoms with E-state index in [1.807, 2.05) is 30.3 Å². The average Bonchev–Trinajstić information content (AvgIpc) is 3.27. The first-order valence-electron chi connectivity index (χ1n) is 8.88. The summed E-state index contributed by atoms with van der Waals surface area (Å²) < 4.78 is 28.1. The molecule has 2 aromatic carbocycles. The number of pyridine rings is 1. The minimum atomic E-state index is -0.867. The van der Waals surface area contributed by atoms with Crippen LogP contribution in [-0.4, -0.2) is 34.9 Å². The SMILES string of the molecule is Fc1cccc(-c2cc(C3=NC[C@@H]4CCCN34)c3ccccc3n2)c1F. The van der Waals surface area contributed by atoms with Crippen LogP contribution in [0.4, 0.5) is 8.78 Å². The highest BCUT2D eigenvalue weighted by molar-refractivity contribution is 6.10. The minimum Gasteiger partial charge on any atom is -0.352 e. The zero-order valence-corrected chi connectivity index (χ0v) is 14.1. The quantitative estimate of drug-likeness (QED) is 0.686. The Labute approximate surface area is 150 Å². The van der Waals surface area contributed by atoms with Gasteiger partial charge in [0.25, 0.3) is 0 Å². The summed E-state index contributed by atoms with van der Waals surface area (Å²) >= 11 is 0. The van der Waals surface area contributed by atoms with Gasteiger partial charge in [0.05, 0.1) is 23.8 Å². The molecule has 1 atom stereocenters. The highest BCUT2D eigenvalue weighted by Crippen LogP contribution is 2.32. The fraction of sp³-hybridized carbons (Fsp3) is 0.238. The van der Waals surface area contributed by atoms with Crippen molar-refractivity contribution in [3.05, 3.63) is 65.7 Å². The van der Waals surface area contributed by atoms with E-state index in [1.54, 1.807) is 6.07 Å². The molecule has 0 unspecified atom stereocenters. The zero-order chi connectivity index (χ0) is 17.7. The molecule has 2 aliphatic heterocycles. The second kappa shape index (κ2) is 5.87. The van der Waals surface area contributed by atoms with Crippen molar-refractivity contribution in [3.8, 4) is 11.3 Å². The molecule has 0 bridgehead atoms. The molecule has 2 aliphatic rings. The number of rotatable bonds is 2. The molecule has 3 nitrogen and oxygen atoms in total. The van der Waals surface area contributed by atoms with Crippen LogP contribution in [0.25, 0.3) is 22.2 Å². The predicted octanol–water partition coefficient (Wildman–Crippen LogP) is 4.40. The summed E-state index contributed by atoms with van der Waals surface area (Å²) in [6, 6.07) is 14.3. The Bertz CT molecular complexity index is 1040. The van der Waals surface area contributed by atoms with Gasteiger partial charge in [-0.25, -0.2) is 13.8 Å². The predicted molar refractivity (Wildman–Crippen MR) is 98.2 cm³/mol. The Morgan fingerprint density at radius 3 is 2.81 bits per heavy atom. The number of hydrogen-bond donors (Lipinski definition) is 0. The number of para-hydroxylation sites is 1. The molecule has 5 rings (SSSR count). The van der Waals surface area contributed by atoms with Gasteiger partial charge in [-0.1, -0.05) is 24.3 Å². The maximum Gasteiger partial charge on any atom is 0.168 e. The number of halogens is 2. The summed E-state index contributed by atoms with van der Waals surface area (Å²) in [4.78, 5) is 11.7. The van der Waals surface area contributed by atoms with E-state index < -0.39 is 11.6 Å². The molecular weight excluding hydrogens is 332 g/mol. The van der Waals surface area contributed by atoms with Gasteiger partial charge >= 0.3 is 0 Å². The van der Waals surface area contributed by atoms with Crippen LogP contribution < -0.4 is 0 Å². The average molecular weight is 349 g/mol. The smallest absolute Gasteiger partial charge is 0.168 e. The first kappa shape index (κ1) is 15.4. The minimum absolute atomic E-state index is 0.175. The number of aliphatic imine (C=N–C) groups is 1. The van der Waals surface area contributed by atoms with Crippen molar-refractivity contribution in [2.24, 2.45) is 4.99 Å². The Morgan fingerprint density at radius 1 is 1.00 bits per heavy atom. The first-order chi connectivity index (χ1) is 12.7. The standard InChI is InChI=1S/C21H17F2N3/c22-17-8-3-7-15(20(17)23)19-11-16(14-6-1-2-9-18(14)25-19)21-24-12-13-5-4-10-26(13)21/h1-3,6-9,11,13H,4-5,10,12H2/t13-/m0/s1. The molecule has 0 aliphatic carbocycles. The van der Waals surface area contributed by atoms with Crippen LogP contribution in [0.5, 0.6) is 0 Å². The van der Waals surface area contributed by atoms with Gasteiger partial charge in [-0.15, -0.1) is 0 Å². The van der Waals surface area contributed by atoms with Crippen molar-refractivity contribution in [3.63, 3.8) is 0 Å². The largest absolute Gasteiger partial charge is 0.352 e. The van der Waals surface area contributed by atoms with E-state index >= 15 is 0 Å². The third-order valence-electron chi connectivity index (χ3n) is 5.29. The summed E-state index contributed by atoms with van der Waals surface area (Å²) in [7, 11) is 0. The second-order valence-electron chi connectivity index (χ2n) is 6.83. The van der Waals surface area contributed by atoms with Crippen LogP contribution >= 0.6 is 0 Å². The fourth-order valence-corrected chi connectivity index (χ4v) is 4.03. The first-order valence-corrected chi connectivity index (χ1v) is 8.88. The fourth-order valence-electron chi connectivity index (χ4n) is 4.03. The molecule has 1 saturated heterocycles. The van der Waals surface area contributed by atoms with Gasteiger partial charge in [-0.2, -0.15) is 0 Å². The van der Waals surface area contributed by atoms with E-state index in [2.05, 4.69) is 9.88 Å². The third kappa shape index (κ3) is 2.30. The van der Waals surface area contributed by atoms with E-state index in [4.69, 9.17) is 4.99 Å². The topological polar surface area (TPSA) is 28.5 Å². The Kier molecular flexibility index (Phi) is 3.48. The Morgan fingerprint density at radius 2 is 1.88 bits per heavy atom. The van der Waals surface area contributed by atoms with E-state index in [-0.39, 0.29) is 5.56 Å². The van der Waals surface area contributed by atoms with E-state index in [0.29, 0.717) is 11.7 Å². The van der Waals surface area contributed by atoms with Crippen molar-refractivity contribution in [1.29, 1.82) is 0 Å². The molecule has 3 heterocycles. The monoisotopic (exact) mass is 349 g/mol. The second-order valence-corrected chi connectivity index (χ2v) is 6.83. The summed E-state index contributed by atoms with van der Waals surface area (Å²) in [6.45, 7) is 1.79. The van der Waals surface area contributed by atoms with Crippen LogP contribution in [0.1, 0.15) is 18.4 Å². The van der Waals surface area contributed by atoms with Gasteiger partial charge in [0.2, 0.25) is 0 Å². The molecule has 3 aromatic rings. The number of amidine groups is 1. The molecule has 0 saturated carbocycles. The van der Waals surface area contributed by atoms with Crippen molar-refractivity contribution < 1.29 is 8.78 Å². The maximum atomic E-state index is 14.4. The normalized spacial score (nSPS) is 19.1. The number of nitrogens with zero attached hydrogens (tertiary/aromatic N) is 3. The molecule has 130 valence electrons. The molecular formula is C21H17F2N3. The molecule has 1 fully saturated rings. The van der Waals surface area contributed by atoms with Crippen LogP contribution in [0.2, 0.25) is 0 Å². The number of fused-ring (bicyclic) bond motifs is 2. The zero-order valence-electron chi connectivity index (χ0n) is 14.1. The van der Waals surface area contributed by atoms with Crippen LogP contribution in [0.3, 0.4) is 0 Å². The number of hydrogen-bond acceptors (Lipinski definition) is 3. The lowest BCUT2D eigenvalue weighted by molar-refractivity contribution is 0.431. The summed E-state index contributed by atoms with van der Waals surface area (Å²) in [6.07, 6.45) is 2.32. The van der Waals surface area contributed by atoms with Crippen molar-refractivity contribution in [2.45, 2.75) is 18.9 Å². The van der Waals surface area contributed by atoms with E-state index in [1.165, 1.54) is 6.07 Å². The van der Waals surface area contributed by atoms with Crippen LogP contribution in [-0.2, 0) is 0 Å². The molecule has 26 heavy (non-hydrogen) atoms. The highest BCUT2D eigenvalue weighted by Gasteiger charge is 2.33. The molecule has 1 aromatic heterocycles. The summed E-state index contributed by atoms with van der Waals surface area (Å²) in [5, 5.41) is 0.986. The van der Waals surface area contributed by atoms with Gasteiger partial charge in [-0.3, -0.25) is 4.99 Å². The van der Waals surface area contributed by atoms with E-state index in [0.717, 1.165) is 54.3 Å².